The molecule has 18 heavy (non-hydrogen) atoms. The highest BCUT2D eigenvalue weighted by atomic mass is 16.6. The Morgan fingerprint density at radius 1 is 1.39 bits per heavy atom. The van der Waals surface area contributed by atoms with Gasteiger partial charge < -0.3 is 14.6 Å². The van der Waals surface area contributed by atoms with E-state index in [4.69, 9.17) is 9.47 Å². The summed E-state index contributed by atoms with van der Waals surface area (Å²) < 4.78 is 11.2. The number of carbonyl (C=O) groups is 1. The molecule has 1 aliphatic rings. The molecule has 1 aliphatic heterocycles. The summed E-state index contributed by atoms with van der Waals surface area (Å²) in [7, 11) is 0. The third-order valence-electron chi connectivity index (χ3n) is 3.08. The highest BCUT2D eigenvalue weighted by Gasteiger charge is 2.35. The second-order valence-electron chi connectivity index (χ2n) is 6.28. The van der Waals surface area contributed by atoms with Crippen molar-refractivity contribution >= 4 is 5.97 Å². The van der Waals surface area contributed by atoms with Crippen molar-refractivity contribution in [2.45, 2.75) is 77.8 Å². The highest BCUT2D eigenvalue weighted by Crippen LogP contribution is 2.29. The van der Waals surface area contributed by atoms with Crippen molar-refractivity contribution in [3.05, 3.63) is 0 Å². The van der Waals surface area contributed by atoms with Gasteiger partial charge in [0.25, 0.3) is 0 Å². The number of esters is 1. The Balaban J connectivity index is 2.44. The van der Waals surface area contributed by atoms with Gasteiger partial charge in [-0.1, -0.05) is 0 Å². The van der Waals surface area contributed by atoms with Gasteiger partial charge in [-0.25, -0.2) is 0 Å². The molecule has 0 aliphatic carbocycles. The SMILES string of the molecule is C[C@@H](O)C[C@@H]1CC[C@H]([C@@H](C)C(=O)OC(C)(C)C)O1. The number of carbonyl (C=O) groups excluding carboxylic acids is 1. The van der Waals surface area contributed by atoms with E-state index in [0.29, 0.717) is 6.42 Å². The summed E-state index contributed by atoms with van der Waals surface area (Å²) in [5.41, 5.74) is -0.455. The highest BCUT2D eigenvalue weighted by molar-refractivity contribution is 5.73. The lowest BCUT2D eigenvalue weighted by molar-refractivity contribution is -0.164. The zero-order valence-corrected chi connectivity index (χ0v) is 12.1. The van der Waals surface area contributed by atoms with Gasteiger partial charge in [-0.15, -0.1) is 0 Å². The van der Waals surface area contributed by atoms with E-state index in [-0.39, 0.29) is 30.2 Å². The molecule has 0 amide bonds. The van der Waals surface area contributed by atoms with E-state index in [1.807, 2.05) is 27.7 Å². The number of aliphatic hydroxyl groups is 1. The van der Waals surface area contributed by atoms with Crippen LogP contribution in [0.5, 0.6) is 0 Å². The molecule has 0 spiro atoms. The average Bonchev–Trinajstić information content (AvgIpc) is 2.61. The van der Waals surface area contributed by atoms with Gasteiger partial charge in [0, 0.05) is 0 Å². The smallest absolute Gasteiger partial charge is 0.311 e. The van der Waals surface area contributed by atoms with Crippen molar-refractivity contribution in [1.82, 2.24) is 0 Å². The second kappa shape index (κ2) is 6.02. The molecule has 1 rings (SSSR count). The lowest BCUT2D eigenvalue weighted by Crippen LogP contribution is -2.33. The topological polar surface area (TPSA) is 55.8 Å². The Labute approximate surface area is 110 Å². The number of hydrogen-bond donors (Lipinski definition) is 1. The molecule has 0 radical (unpaired) electrons. The van der Waals surface area contributed by atoms with Crippen LogP contribution in [-0.2, 0) is 14.3 Å². The van der Waals surface area contributed by atoms with Crippen LogP contribution in [0.1, 0.15) is 53.9 Å². The molecule has 106 valence electrons. The van der Waals surface area contributed by atoms with Crippen molar-refractivity contribution < 1.29 is 19.4 Å². The van der Waals surface area contributed by atoms with Gasteiger partial charge in [0.1, 0.15) is 5.60 Å². The van der Waals surface area contributed by atoms with Gasteiger partial charge in [-0.2, -0.15) is 0 Å². The molecular formula is C14H26O4. The number of rotatable bonds is 4. The lowest BCUT2D eigenvalue weighted by Gasteiger charge is -2.25. The van der Waals surface area contributed by atoms with Crippen LogP contribution in [-0.4, -0.2) is 35.0 Å². The Kier molecular flexibility index (Phi) is 5.17. The summed E-state index contributed by atoms with van der Waals surface area (Å²) in [6.45, 7) is 9.20. The van der Waals surface area contributed by atoms with E-state index in [1.165, 1.54) is 0 Å². The number of ether oxygens (including phenoxy) is 2. The first-order valence-corrected chi connectivity index (χ1v) is 6.75. The Hall–Kier alpha value is -0.610. The minimum atomic E-state index is -0.455. The molecule has 1 fully saturated rings. The normalized spacial score (nSPS) is 27.9. The van der Waals surface area contributed by atoms with Crippen LogP contribution in [0.4, 0.5) is 0 Å². The van der Waals surface area contributed by atoms with Crippen LogP contribution in [0, 0.1) is 5.92 Å². The van der Waals surface area contributed by atoms with Crippen molar-refractivity contribution in [1.29, 1.82) is 0 Å². The molecule has 1 N–H and O–H groups in total. The van der Waals surface area contributed by atoms with E-state index in [1.54, 1.807) is 6.92 Å². The van der Waals surface area contributed by atoms with Crippen LogP contribution in [0.25, 0.3) is 0 Å². The van der Waals surface area contributed by atoms with Crippen LogP contribution in [0.3, 0.4) is 0 Å². The standard InChI is InChI=1S/C14H26O4/c1-9(15)8-11-6-7-12(17-11)10(2)13(16)18-14(3,4)5/h9-12,15H,6-8H2,1-5H3/t9-,10-,11+,12-/m1/s1. The molecule has 0 aromatic carbocycles. The summed E-state index contributed by atoms with van der Waals surface area (Å²) in [6.07, 6.45) is 2.03. The van der Waals surface area contributed by atoms with Crippen molar-refractivity contribution in [2.24, 2.45) is 5.92 Å². The predicted molar refractivity (Wildman–Crippen MR) is 69.2 cm³/mol. The molecule has 4 atom stereocenters. The summed E-state index contributed by atoms with van der Waals surface area (Å²) in [4.78, 5) is 11.9. The largest absolute Gasteiger partial charge is 0.460 e. The van der Waals surface area contributed by atoms with Crippen molar-refractivity contribution in [2.75, 3.05) is 0 Å². The number of hydrogen-bond acceptors (Lipinski definition) is 4. The predicted octanol–water partition coefficient (Wildman–Crippen LogP) is 2.28. The van der Waals surface area contributed by atoms with E-state index >= 15 is 0 Å². The van der Waals surface area contributed by atoms with Crippen LogP contribution in [0.2, 0.25) is 0 Å². The molecule has 1 heterocycles. The minimum Gasteiger partial charge on any atom is -0.460 e. The summed E-state index contributed by atoms with van der Waals surface area (Å²) in [5.74, 6) is -0.451. The maximum absolute atomic E-state index is 11.9. The average molecular weight is 258 g/mol. The molecule has 0 bridgehead atoms. The molecular weight excluding hydrogens is 232 g/mol. The van der Waals surface area contributed by atoms with Gasteiger partial charge in [0.15, 0.2) is 0 Å². The first kappa shape index (κ1) is 15.4. The summed E-state index contributed by atoms with van der Waals surface area (Å²) >= 11 is 0. The van der Waals surface area contributed by atoms with Crippen LogP contribution >= 0.6 is 0 Å². The van der Waals surface area contributed by atoms with Gasteiger partial charge in [-0.05, 0) is 53.9 Å². The van der Waals surface area contributed by atoms with E-state index < -0.39 is 5.60 Å². The van der Waals surface area contributed by atoms with Gasteiger partial charge >= 0.3 is 5.97 Å². The lowest BCUT2D eigenvalue weighted by atomic mass is 10.0. The summed E-state index contributed by atoms with van der Waals surface area (Å²) in [5, 5.41) is 9.33. The molecule has 0 aromatic rings. The van der Waals surface area contributed by atoms with E-state index in [0.717, 1.165) is 12.8 Å². The Bertz CT molecular complexity index is 280. The molecule has 0 unspecified atom stereocenters. The fourth-order valence-electron chi connectivity index (χ4n) is 2.20. The molecule has 4 nitrogen and oxygen atoms in total. The first-order chi connectivity index (χ1) is 8.19. The van der Waals surface area contributed by atoms with Gasteiger partial charge in [0.05, 0.1) is 24.2 Å². The zero-order valence-electron chi connectivity index (χ0n) is 12.1. The maximum Gasteiger partial charge on any atom is 0.311 e. The summed E-state index contributed by atoms with van der Waals surface area (Å²) in [6, 6.07) is 0. The van der Waals surface area contributed by atoms with E-state index in [9.17, 15) is 9.90 Å². The van der Waals surface area contributed by atoms with Crippen molar-refractivity contribution in [3.63, 3.8) is 0 Å². The van der Waals surface area contributed by atoms with Gasteiger partial charge in [0.2, 0.25) is 0 Å². The van der Waals surface area contributed by atoms with Gasteiger partial charge in [-0.3, -0.25) is 4.79 Å². The van der Waals surface area contributed by atoms with E-state index in [2.05, 4.69) is 0 Å². The van der Waals surface area contributed by atoms with Crippen molar-refractivity contribution in [3.8, 4) is 0 Å². The third kappa shape index (κ3) is 4.94. The quantitative estimate of drug-likeness (QED) is 0.786. The minimum absolute atomic E-state index is 0.0693. The molecule has 4 heteroatoms. The van der Waals surface area contributed by atoms with Crippen LogP contribution < -0.4 is 0 Å². The molecule has 0 saturated carbocycles. The Morgan fingerprint density at radius 3 is 2.50 bits per heavy atom. The fourth-order valence-corrected chi connectivity index (χ4v) is 2.20. The maximum atomic E-state index is 11.9. The van der Waals surface area contributed by atoms with Crippen LogP contribution in [0.15, 0.2) is 0 Å². The molecule has 0 aromatic heterocycles. The first-order valence-electron chi connectivity index (χ1n) is 6.75. The monoisotopic (exact) mass is 258 g/mol. The Morgan fingerprint density at radius 2 is 2.00 bits per heavy atom. The fraction of sp³-hybridized carbons (Fsp3) is 0.929. The zero-order chi connectivity index (χ0) is 13.9. The second-order valence-corrected chi connectivity index (χ2v) is 6.28. The third-order valence-corrected chi connectivity index (χ3v) is 3.08. The molecule has 1 saturated heterocycles. The number of aliphatic hydroxyl groups excluding tert-OH is 1.